The van der Waals surface area contributed by atoms with Gasteiger partial charge in [-0.3, -0.25) is 14.5 Å². The van der Waals surface area contributed by atoms with Gasteiger partial charge in [0.2, 0.25) is 11.9 Å². The predicted molar refractivity (Wildman–Crippen MR) is 142 cm³/mol. The second-order valence-electron chi connectivity index (χ2n) is 9.50. The average molecular weight is 511 g/mol. The van der Waals surface area contributed by atoms with Crippen molar-refractivity contribution in [3.63, 3.8) is 0 Å². The van der Waals surface area contributed by atoms with E-state index in [0.29, 0.717) is 36.5 Å². The van der Waals surface area contributed by atoms with Gasteiger partial charge in [-0.05, 0) is 37.8 Å². The average Bonchev–Trinajstić information content (AvgIpc) is 3.31. The molecule has 4 N–H and O–H groups in total. The van der Waals surface area contributed by atoms with Crippen LogP contribution in [0.2, 0.25) is 0 Å². The Balaban J connectivity index is 1.62. The normalized spacial score (nSPS) is 15.2. The molecule has 1 amide bonds. The summed E-state index contributed by atoms with van der Waals surface area (Å²) in [5.41, 5.74) is 9.12. The number of nitrogens with one attached hydrogen (secondary N) is 1. The van der Waals surface area contributed by atoms with Gasteiger partial charge in [-0.15, -0.1) is 0 Å². The van der Waals surface area contributed by atoms with Crippen molar-refractivity contribution in [2.24, 2.45) is 0 Å². The van der Waals surface area contributed by atoms with E-state index in [2.05, 4.69) is 27.3 Å². The Morgan fingerprint density at radius 2 is 2.00 bits per heavy atom. The number of pyridine rings is 1. The fourth-order valence-electron chi connectivity index (χ4n) is 5.05. The molecule has 1 atom stereocenters. The lowest BCUT2D eigenvalue weighted by atomic mass is 9.92. The Labute approximate surface area is 217 Å². The topological polar surface area (TPSA) is 144 Å². The highest BCUT2D eigenvalue weighted by Crippen LogP contribution is 2.30. The zero-order chi connectivity index (χ0) is 26.4. The van der Waals surface area contributed by atoms with Crippen LogP contribution in [-0.2, 0) is 11.3 Å². The number of carbonyl (C=O) groups is 1. The molecule has 3 aromatic heterocycles. The van der Waals surface area contributed by atoms with Crippen LogP contribution in [0.15, 0.2) is 18.3 Å². The molecule has 0 aromatic carbocycles. The van der Waals surface area contributed by atoms with Crippen LogP contribution in [-0.4, -0.2) is 73.5 Å². The SMILES string of the molecule is CCCC(CCO)Nc1nc(N)nc2cnn(Cc3nc(C4CCN(C(=O)CC)CC4)ccc3OC)c12. The highest BCUT2D eigenvalue weighted by molar-refractivity contribution is 5.86. The van der Waals surface area contributed by atoms with E-state index in [4.69, 9.17) is 15.5 Å². The molecule has 4 heterocycles. The van der Waals surface area contributed by atoms with Crippen LogP contribution in [0, 0.1) is 0 Å². The lowest BCUT2D eigenvalue weighted by molar-refractivity contribution is -0.131. The number of aromatic nitrogens is 5. The number of aliphatic hydroxyl groups is 1. The first-order valence-corrected chi connectivity index (χ1v) is 13.1. The summed E-state index contributed by atoms with van der Waals surface area (Å²) in [5.74, 6) is 1.93. The fraction of sp³-hybridized carbons (Fsp3) is 0.577. The summed E-state index contributed by atoms with van der Waals surface area (Å²) in [5, 5.41) is 17.5. The molecule has 11 heteroatoms. The first kappa shape index (κ1) is 26.6. The number of methoxy groups -OCH3 is 1. The van der Waals surface area contributed by atoms with Gasteiger partial charge in [0.1, 0.15) is 22.5 Å². The van der Waals surface area contributed by atoms with Crippen molar-refractivity contribution in [2.45, 2.75) is 70.9 Å². The van der Waals surface area contributed by atoms with E-state index in [1.807, 2.05) is 28.6 Å². The van der Waals surface area contributed by atoms with Crippen LogP contribution in [0.3, 0.4) is 0 Å². The van der Waals surface area contributed by atoms with Crippen molar-refractivity contribution in [1.82, 2.24) is 29.6 Å². The molecule has 1 aliphatic heterocycles. The van der Waals surface area contributed by atoms with Crippen LogP contribution in [0.4, 0.5) is 11.8 Å². The van der Waals surface area contributed by atoms with E-state index in [1.165, 1.54) is 0 Å². The molecule has 4 rings (SSSR count). The number of rotatable bonds is 11. The number of fused-ring (bicyclic) bond motifs is 1. The number of anilines is 2. The Kier molecular flexibility index (Phi) is 8.75. The minimum atomic E-state index is 0.0531. The maximum atomic E-state index is 12.1. The number of hydrogen-bond donors (Lipinski definition) is 3. The summed E-state index contributed by atoms with van der Waals surface area (Å²) in [7, 11) is 1.64. The minimum Gasteiger partial charge on any atom is -0.495 e. The van der Waals surface area contributed by atoms with E-state index < -0.39 is 0 Å². The summed E-state index contributed by atoms with van der Waals surface area (Å²) >= 11 is 0. The maximum absolute atomic E-state index is 12.1. The van der Waals surface area contributed by atoms with Crippen LogP contribution in [0.5, 0.6) is 5.75 Å². The monoisotopic (exact) mass is 510 g/mol. The highest BCUT2D eigenvalue weighted by atomic mass is 16.5. The van der Waals surface area contributed by atoms with Gasteiger partial charge in [-0.1, -0.05) is 20.3 Å². The molecule has 1 unspecified atom stereocenters. The number of aliphatic hydroxyl groups excluding tert-OH is 1. The Hall–Kier alpha value is -3.47. The van der Waals surface area contributed by atoms with Crippen LogP contribution < -0.4 is 15.8 Å². The standard InChI is InChI=1S/C26H38N8O3/c1-4-6-18(11-14-35)29-25-24-20(31-26(27)32-25)15-28-34(24)16-21-22(37-3)8-7-19(30-21)17-9-12-33(13-10-17)23(36)5-2/h7-8,15,17-18,35H,4-6,9-14,16H2,1-3H3,(H3,27,29,31,32). The molecular weight excluding hydrogens is 472 g/mol. The molecule has 200 valence electrons. The number of nitrogens with two attached hydrogens (primary N) is 1. The Bertz CT molecular complexity index is 1200. The van der Waals surface area contributed by atoms with Gasteiger partial charge in [0.05, 0.1) is 19.9 Å². The van der Waals surface area contributed by atoms with Crippen molar-refractivity contribution < 1.29 is 14.6 Å². The largest absolute Gasteiger partial charge is 0.495 e. The molecule has 1 aliphatic rings. The van der Waals surface area contributed by atoms with Gasteiger partial charge in [0.25, 0.3) is 0 Å². The third-order valence-corrected chi connectivity index (χ3v) is 7.00. The van der Waals surface area contributed by atoms with Crippen LogP contribution in [0.25, 0.3) is 11.0 Å². The summed E-state index contributed by atoms with van der Waals surface area (Å²) < 4.78 is 7.45. The number of hydrogen-bond acceptors (Lipinski definition) is 9. The molecule has 37 heavy (non-hydrogen) atoms. The Morgan fingerprint density at radius 1 is 1.22 bits per heavy atom. The lowest BCUT2D eigenvalue weighted by Crippen LogP contribution is -2.37. The number of carbonyl (C=O) groups excluding carboxylic acids is 1. The van der Waals surface area contributed by atoms with Crippen molar-refractivity contribution in [3.8, 4) is 5.75 Å². The second-order valence-corrected chi connectivity index (χ2v) is 9.50. The van der Waals surface area contributed by atoms with Gasteiger partial charge >= 0.3 is 0 Å². The van der Waals surface area contributed by atoms with E-state index in [0.717, 1.165) is 55.7 Å². The van der Waals surface area contributed by atoms with Gasteiger partial charge < -0.3 is 25.8 Å². The van der Waals surface area contributed by atoms with Gasteiger partial charge in [0, 0.05) is 43.8 Å². The van der Waals surface area contributed by atoms with E-state index >= 15 is 0 Å². The van der Waals surface area contributed by atoms with Crippen molar-refractivity contribution in [2.75, 3.05) is 37.9 Å². The first-order chi connectivity index (χ1) is 18.0. The minimum absolute atomic E-state index is 0.0531. The molecule has 0 aliphatic carbocycles. The number of amides is 1. The second kappa shape index (κ2) is 12.2. The molecule has 11 nitrogen and oxygen atoms in total. The number of piperidine rings is 1. The van der Waals surface area contributed by atoms with Gasteiger partial charge in [-0.2, -0.15) is 10.1 Å². The van der Waals surface area contributed by atoms with E-state index in [-0.39, 0.29) is 30.4 Å². The van der Waals surface area contributed by atoms with Crippen molar-refractivity contribution in [3.05, 3.63) is 29.7 Å². The summed E-state index contributed by atoms with van der Waals surface area (Å²) in [6, 6.07) is 4.03. The van der Waals surface area contributed by atoms with Crippen LogP contribution in [0.1, 0.15) is 69.7 Å². The quantitative estimate of drug-likeness (QED) is 0.354. The smallest absolute Gasteiger partial charge is 0.222 e. The van der Waals surface area contributed by atoms with Crippen LogP contribution >= 0.6 is 0 Å². The number of likely N-dealkylation sites (tertiary alicyclic amines) is 1. The van der Waals surface area contributed by atoms with Crippen molar-refractivity contribution in [1.29, 1.82) is 0 Å². The molecule has 0 radical (unpaired) electrons. The predicted octanol–water partition coefficient (Wildman–Crippen LogP) is 2.94. The molecule has 0 spiro atoms. The molecule has 3 aromatic rings. The molecular formula is C26H38N8O3. The summed E-state index contributed by atoms with van der Waals surface area (Å²) in [6.07, 6.45) is 6.46. The molecule has 1 fully saturated rings. The number of nitrogen functional groups attached to an aromatic ring is 1. The molecule has 0 saturated carbocycles. The molecule has 1 saturated heterocycles. The zero-order valence-electron chi connectivity index (χ0n) is 22.0. The van der Waals surface area contributed by atoms with E-state index in [1.54, 1.807) is 13.3 Å². The number of nitrogens with zero attached hydrogens (tertiary/aromatic N) is 6. The van der Waals surface area contributed by atoms with Gasteiger partial charge in [-0.25, -0.2) is 4.98 Å². The fourth-order valence-corrected chi connectivity index (χ4v) is 5.05. The first-order valence-electron chi connectivity index (χ1n) is 13.1. The maximum Gasteiger partial charge on any atom is 0.222 e. The lowest BCUT2D eigenvalue weighted by Gasteiger charge is -2.31. The highest BCUT2D eigenvalue weighted by Gasteiger charge is 2.25. The van der Waals surface area contributed by atoms with Crippen molar-refractivity contribution >= 4 is 28.7 Å². The summed E-state index contributed by atoms with van der Waals surface area (Å²) in [4.78, 5) is 27.9. The van der Waals surface area contributed by atoms with E-state index in [9.17, 15) is 9.90 Å². The van der Waals surface area contributed by atoms with Gasteiger partial charge in [0.15, 0.2) is 5.82 Å². The Morgan fingerprint density at radius 3 is 2.68 bits per heavy atom. The third-order valence-electron chi connectivity index (χ3n) is 7.00. The zero-order valence-corrected chi connectivity index (χ0v) is 22.0. The number of ether oxygens (including phenoxy) is 1. The molecule has 0 bridgehead atoms. The third kappa shape index (κ3) is 6.10. The summed E-state index contributed by atoms with van der Waals surface area (Å²) in [6.45, 7) is 5.97.